The molecule has 6 atom stereocenters. The van der Waals surface area contributed by atoms with E-state index in [4.69, 9.17) is 28.4 Å². The number of hydrogen-bond acceptors (Lipinski definition) is 11. The molecule has 0 spiro atoms. The molecule has 2 unspecified atom stereocenters. The number of benzene rings is 4. The molecule has 4 aromatic carbocycles. The summed E-state index contributed by atoms with van der Waals surface area (Å²) < 4.78 is 97.1. The summed E-state index contributed by atoms with van der Waals surface area (Å²) >= 11 is 0. The number of carbonyl (C=O) groups excluding carboxylic acids is 3. The van der Waals surface area contributed by atoms with E-state index in [-0.39, 0.29) is 42.1 Å². The molecule has 0 saturated carbocycles. The Morgan fingerprint density at radius 2 is 1.31 bits per heavy atom. The van der Waals surface area contributed by atoms with E-state index in [1.54, 1.807) is 85.1 Å². The molecule has 2 aliphatic rings. The molecule has 16 heteroatoms. The van der Waals surface area contributed by atoms with Crippen LogP contribution in [0.15, 0.2) is 120 Å². The highest BCUT2D eigenvalue weighted by Gasteiger charge is 2.53. The van der Waals surface area contributed by atoms with Crippen molar-refractivity contribution in [3.63, 3.8) is 0 Å². The van der Waals surface area contributed by atoms with Crippen LogP contribution in [-0.2, 0) is 38.1 Å². The van der Waals surface area contributed by atoms with Gasteiger partial charge in [-0.2, -0.15) is 18.3 Å². The smallest absolute Gasteiger partial charge is 0.435 e. The molecular weight excluding hydrogens is 778 g/mol. The average Bonchev–Trinajstić information content (AvgIpc) is 4.03. The third-order valence-corrected chi connectivity index (χ3v) is 9.50. The SMILES string of the molecule is COc1ccc(Cc2c(C(F)(F)F)nn(CCC3C=N3)c2O[C@@H]2O[C@H](COC(=O)c3ccccc3)[C@@H](F)C(OC(=O)c3ccccc3)[C@H]2OC(=O)c2ccccc2)cc1. The van der Waals surface area contributed by atoms with Crippen LogP contribution in [0.1, 0.15) is 54.3 Å². The van der Waals surface area contributed by atoms with Crippen LogP contribution in [0, 0.1) is 0 Å². The van der Waals surface area contributed by atoms with Crippen LogP contribution in [0.3, 0.4) is 0 Å². The van der Waals surface area contributed by atoms with Crippen molar-refractivity contribution in [1.29, 1.82) is 0 Å². The van der Waals surface area contributed by atoms with E-state index in [1.807, 2.05) is 0 Å². The zero-order valence-corrected chi connectivity index (χ0v) is 31.4. The molecule has 1 aromatic heterocycles. The second-order valence-electron chi connectivity index (χ2n) is 13.6. The van der Waals surface area contributed by atoms with Crippen LogP contribution in [0.4, 0.5) is 17.6 Å². The van der Waals surface area contributed by atoms with Crippen LogP contribution < -0.4 is 9.47 Å². The lowest BCUT2D eigenvalue weighted by Crippen LogP contribution is -2.61. The fraction of sp³-hybridized carbons (Fsp3) is 0.279. The van der Waals surface area contributed by atoms with Crippen molar-refractivity contribution >= 4 is 24.1 Å². The zero-order chi connectivity index (χ0) is 41.5. The van der Waals surface area contributed by atoms with Crippen LogP contribution in [-0.4, -0.2) is 84.4 Å². The monoisotopic (exact) mass is 815 g/mol. The molecule has 2 aliphatic heterocycles. The van der Waals surface area contributed by atoms with Gasteiger partial charge >= 0.3 is 24.1 Å². The van der Waals surface area contributed by atoms with Crippen LogP contribution in [0.25, 0.3) is 0 Å². The van der Waals surface area contributed by atoms with E-state index in [9.17, 15) is 27.6 Å². The van der Waals surface area contributed by atoms with Crippen molar-refractivity contribution in [1.82, 2.24) is 9.78 Å². The molecule has 0 bridgehead atoms. The molecule has 306 valence electrons. The van der Waals surface area contributed by atoms with Crippen molar-refractivity contribution in [3.05, 3.63) is 149 Å². The number of halogens is 4. The molecular formula is C43H37F4N3O9. The van der Waals surface area contributed by atoms with Gasteiger partial charge in [0.05, 0.1) is 35.4 Å². The minimum Gasteiger partial charge on any atom is -0.497 e. The van der Waals surface area contributed by atoms with Crippen LogP contribution in [0.2, 0.25) is 0 Å². The molecule has 3 heterocycles. The van der Waals surface area contributed by atoms with Crippen molar-refractivity contribution in [2.24, 2.45) is 4.99 Å². The summed E-state index contributed by atoms with van der Waals surface area (Å²) in [6.45, 7) is -0.874. The maximum absolute atomic E-state index is 16.9. The van der Waals surface area contributed by atoms with Gasteiger partial charge in [-0.3, -0.25) is 4.99 Å². The van der Waals surface area contributed by atoms with Crippen molar-refractivity contribution in [2.45, 2.75) is 62.4 Å². The standard InChI is InChI=1S/C43H37F4N3O9/c1-54-31-19-17-26(18-20-31)23-32-37(43(45,46)47)49-50(22-21-30-24-48-30)38(32)59-42-36(58-41(53)29-15-9-4-10-16-29)35(57-40(52)28-13-7-3-8-14-28)34(44)33(56-42)25-55-39(51)27-11-5-2-6-12-27/h2-20,24,30,33-36,42H,21-23,25H2,1H3/t30?,33-,34-,35?,36-,42+/m1/s1. The lowest BCUT2D eigenvalue weighted by Gasteiger charge is -2.42. The summed E-state index contributed by atoms with van der Waals surface area (Å²) in [4.78, 5) is 44.3. The highest BCUT2D eigenvalue weighted by molar-refractivity contribution is 5.91. The Kier molecular flexibility index (Phi) is 12.4. The number of aromatic nitrogens is 2. The Balaban J connectivity index is 1.31. The number of alkyl halides is 4. The van der Waals surface area contributed by atoms with Gasteiger partial charge in [0.15, 0.2) is 18.0 Å². The quantitative estimate of drug-likeness (QED) is 0.0612. The first kappa shape index (κ1) is 40.6. The molecule has 0 aliphatic carbocycles. The minimum atomic E-state index is -4.97. The highest BCUT2D eigenvalue weighted by atomic mass is 19.4. The lowest BCUT2D eigenvalue weighted by atomic mass is 9.99. The molecule has 7 rings (SSSR count). The maximum Gasteiger partial charge on any atom is 0.435 e. The van der Waals surface area contributed by atoms with Crippen molar-refractivity contribution in [3.8, 4) is 11.6 Å². The molecule has 0 amide bonds. The van der Waals surface area contributed by atoms with E-state index in [1.165, 1.54) is 43.5 Å². The molecule has 59 heavy (non-hydrogen) atoms. The third kappa shape index (κ3) is 9.95. The van der Waals surface area contributed by atoms with Gasteiger partial charge in [-0.25, -0.2) is 23.5 Å². The molecule has 0 N–H and O–H groups in total. The normalized spacial score (nSPS) is 21.0. The van der Waals surface area contributed by atoms with Crippen LogP contribution in [0.5, 0.6) is 11.6 Å². The zero-order valence-electron chi connectivity index (χ0n) is 31.4. The van der Waals surface area contributed by atoms with Crippen molar-refractivity contribution < 1.29 is 60.4 Å². The highest BCUT2D eigenvalue weighted by Crippen LogP contribution is 2.40. The Hall–Kier alpha value is -6.55. The minimum absolute atomic E-state index is 0.0146. The Bertz CT molecular complexity index is 2250. The first-order valence-electron chi connectivity index (χ1n) is 18.5. The Labute approximate surface area is 335 Å². The maximum atomic E-state index is 16.9. The number of carbonyl (C=O) groups is 3. The first-order chi connectivity index (χ1) is 28.5. The van der Waals surface area contributed by atoms with Gasteiger partial charge in [-0.15, -0.1) is 0 Å². The summed E-state index contributed by atoms with van der Waals surface area (Å²) in [5.74, 6) is -2.84. The summed E-state index contributed by atoms with van der Waals surface area (Å²) in [6.07, 6.45) is -13.4. The van der Waals surface area contributed by atoms with Crippen molar-refractivity contribution in [2.75, 3.05) is 13.7 Å². The molecule has 0 radical (unpaired) electrons. The van der Waals surface area contributed by atoms with Gasteiger partial charge < -0.3 is 28.4 Å². The summed E-state index contributed by atoms with van der Waals surface area (Å²) in [6, 6.07) is 29.1. The third-order valence-electron chi connectivity index (χ3n) is 9.50. The Morgan fingerprint density at radius 1 is 0.763 bits per heavy atom. The summed E-state index contributed by atoms with van der Waals surface area (Å²) in [5.41, 5.74) is -1.09. The topological polar surface area (TPSA) is 137 Å². The largest absolute Gasteiger partial charge is 0.497 e. The van der Waals surface area contributed by atoms with Gasteiger partial charge in [-0.05, 0) is 60.5 Å². The second-order valence-corrected chi connectivity index (χ2v) is 13.6. The number of rotatable bonds is 15. The second kappa shape index (κ2) is 17.9. The molecule has 12 nitrogen and oxygen atoms in total. The number of aryl methyl sites for hydroxylation is 1. The van der Waals surface area contributed by atoms with E-state index in [0.29, 0.717) is 11.3 Å². The first-order valence-corrected chi connectivity index (χ1v) is 18.5. The summed E-state index contributed by atoms with van der Waals surface area (Å²) in [7, 11) is 1.45. The predicted octanol–water partition coefficient (Wildman–Crippen LogP) is 7.09. The van der Waals surface area contributed by atoms with E-state index in [0.717, 1.165) is 4.68 Å². The number of methoxy groups -OCH3 is 1. The van der Waals surface area contributed by atoms with Gasteiger partial charge in [0.25, 0.3) is 0 Å². The number of nitrogens with zero attached hydrogens (tertiary/aromatic N) is 3. The van der Waals surface area contributed by atoms with Gasteiger partial charge in [-0.1, -0.05) is 66.7 Å². The number of hydrogen-bond donors (Lipinski definition) is 0. The Morgan fingerprint density at radius 3 is 1.83 bits per heavy atom. The van der Waals surface area contributed by atoms with E-state index < -0.39 is 78.6 Å². The fourth-order valence-electron chi connectivity index (χ4n) is 6.38. The molecule has 1 saturated heterocycles. The van der Waals surface area contributed by atoms with E-state index in [2.05, 4.69) is 10.1 Å². The summed E-state index contributed by atoms with van der Waals surface area (Å²) in [5, 5.41) is 3.94. The van der Waals surface area contributed by atoms with Gasteiger partial charge in [0.2, 0.25) is 18.3 Å². The number of aliphatic imine (C=N–C) groups is 1. The molecule has 1 fully saturated rings. The number of esters is 3. The number of ether oxygens (including phenoxy) is 6. The van der Waals surface area contributed by atoms with Gasteiger partial charge in [0.1, 0.15) is 18.5 Å². The van der Waals surface area contributed by atoms with Gasteiger partial charge in [0, 0.05) is 19.2 Å². The lowest BCUT2D eigenvalue weighted by molar-refractivity contribution is -0.265. The van der Waals surface area contributed by atoms with E-state index >= 15 is 4.39 Å². The predicted molar refractivity (Wildman–Crippen MR) is 202 cm³/mol. The average molecular weight is 816 g/mol. The van der Waals surface area contributed by atoms with Crippen LogP contribution >= 0.6 is 0 Å². The fourth-order valence-corrected chi connectivity index (χ4v) is 6.38. The molecule has 5 aromatic rings.